The number of ketones is 1. The molecule has 0 bridgehead atoms. The van der Waals surface area contributed by atoms with Crippen LogP contribution >= 0.6 is 0 Å². The molecule has 0 radical (unpaired) electrons. The van der Waals surface area contributed by atoms with Gasteiger partial charge in [-0.3, -0.25) is 4.79 Å². The minimum Gasteiger partial charge on any atom is -0.481 e. The van der Waals surface area contributed by atoms with E-state index >= 15 is 0 Å². The average molecular weight is 219 g/mol. The van der Waals surface area contributed by atoms with Crippen molar-refractivity contribution in [3.8, 4) is 5.88 Å². The fourth-order valence-electron chi connectivity index (χ4n) is 0.954. The number of aromatic nitrogens is 1. The van der Waals surface area contributed by atoms with Crippen molar-refractivity contribution in [2.24, 2.45) is 0 Å². The molecule has 15 heavy (non-hydrogen) atoms. The van der Waals surface area contributed by atoms with Gasteiger partial charge in [0, 0.05) is 13.0 Å². The molecule has 3 nitrogen and oxygen atoms in total. The maximum Gasteiger partial charge on any atom is 0.416 e. The molecule has 0 aliphatic heterocycles. The Hall–Kier alpha value is -1.59. The second-order valence-corrected chi connectivity index (χ2v) is 2.84. The van der Waals surface area contributed by atoms with E-state index in [2.05, 4.69) is 9.72 Å². The molecule has 0 fully saturated rings. The maximum atomic E-state index is 12.4. The first-order chi connectivity index (χ1) is 6.84. The summed E-state index contributed by atoms with van der Waals surface area (Å²) >= 11 is 0. The lowest BCUT2D eigenvalue weighted by molar-refractivity contribution is -0.137. The van der Waals surface area contributed by atoms with Gasteiger partial charge in [-0.05, 0) is 6.07 Å². The van der Waals surface area contributed by atoms with Gasteiger partial charge in [-0.1, -0.05) is 0 Å². The molecule has 0 atom stereocenters. The van der Waals surface area contributed by atoms with Crippen molar-refractivity contribution in [3.05, 3.63) is 23.4 Å². The van der Waals surface area contributed by atoms with E-state index in [4.69, 9.17) is 0 Å². The highest BCUT2D eigenvalue weighted by molar-refractivity contribution is 5.92. The Balaban J connectivity index is 3.30. The number of methoxy groups -OCH3 is 1. The van der Waals surface area contributed by atoms with Crippen LogP contribution in [0.2, 0.25) is 0 Å². The summed E-state index contributed by atoms with van der Waals surface area (Å²) in [4.78, 5) is 14.5. The fourth-order valence-corrected chi connectivity index (χ4v) is 0.954. The monoisotopic (exact) mass is 219 g/mol. The summed E-state index contributed by atoms with van der Waals surface area (Å²) in [6.45, 7) is 1.14. The van der Waals surface area contributed by atoms with E-state index in [9.17, 15) is 18.0 Å². The van der Waals surface area contributed by atoms with Crippen molar-refractivity contribution >= 4 is 5.78 Å². The van der Waals surface area contributed by atoms with E-state index in [1.54, 1.807) is 0 Å². The predicted molar refractivity (Wildman–Crippen MR) is 45.8 cm³/mol. The normalized spacial score (nSPS) is 11.3. The second-order valence-electron chi connectivity index (χ2n) is 2.84. The smallest absolute Gasteiger partial charge is 0.416 e. The van der Waals surface area contributed by atoms with Crippen LogP contribution < -0.4 is 4.74 Å². The van der Waals surface area contributed by atoms with Crippen molar-refractivity contribution in [1.82, 2.24) is 4.98 Å². The lowest BCUT2D eigenvalue weighted by atomic mass is 10.2. The van der Waals surface area contributed by atoms with Crippen molar-refractivity contribution < 1.29 is 22.7 Å². The molecule has 1 aromatic rings. The van der Waals surface area contributed by atoms with E-state index in [-0.39, 0.29) is 11.6 Å². The Labute approximate surface area is 83.9 Å². The van der Waals surface area contributed by atoms with Gasteiger partial charge >= 0.3 is 6.18 Å². The zero-order valence-electron chi connectivity index (χ0n) is 8.05. The van der Waals surface area contributed by atoms with Crippen LogP contribution in [-0.2, 0) is 6.18 Å². The molecule has 1 heterocycles. The molecule has 1 aromatic heterocycles. The number of halogens is 3. The SMILES string of the molecule is COc1cc(C(F)(F)F)cc(C(C)=O)n1. The number of ether oxygens (including phenoxy) is 1. The molecule has 0 spiro atoms. The largest absolute Gasteiger partial charge is 0.481 e. The minimum atomic E-state index is -4.51. The summed E-state index contributed by atoms with van der Waals surface area (Å²) in [5.74, 6) is -0.769. The summed E-state index contributed by atoms with van der Waals surface area (Å²) in [7, 11) is 1.19. The number of rotatable bonds is 2. The Bertz CT molecular complexity index is 387. The number of Topliss-reactive ketones (excluding diaryl/α,β-unsaturated/α-hetero) is 1. The van der Waals surface area contributed by atoms with Gasteiger partial charge in [-0.25, -0.2) is 4.98 Å². The summed E-state index contributed by atoms with van der Waals surface area (Å²) in [6, 6.07) is 1.44. The molecule has 0 saturated heterocycles. The van der Waals surface area contributed by atoms with Crippen LogP contribution in [0.4, 0.5) is 13.2 Å². The molecule has 0 saturated carbocycles. The van der Waals surface area contributed by atoms with E-state index < -0.39 is 17.5 Å². The van der Waals surface area contributed by atoms with E-state index in [0.29, 0.717) is 6.07 Å². The highest BCUT2D eigenvalue weighted by Crippen LogP contribution is 2.31. The molecule has 6 heteroatoms. The third-order valence-corrected chi connectivity index (χ3v) is 1.70. The number of alkyl halides is 3. The quantitative estimate of drug-likeness (QED) is 0.716. The number of hydrogen-bond donors (Lipinski definition) is 0. The lowest BCUT2D eigenvalue weighted by Crippen LogP contribution is -2.09. The number of hydrogen-bond acceptors (Lipinski definition) is 3. The van der Waals surface area contributed by atoms with Gasteiger partial charge in [0.2, 0.25) is 5.88 Å². The third-order valence-electron chi connectivity index (χ3n) is 1.70. The van der Waals surface area contributed by atoms with Gasteiger partial charge in [0.25, 0.3) is 0 Å². The molecular weight excluding hydrogens is 211 g/mol. The van der Waals surface area contributed by atoms with Crippen LogP contribution in [0.15, 0.2) is 12.1 Å². The van der Waals surface area contributed by atoms with Gasteiger partial charge in [0.15, 0.2) is 5.78 Å². The number of carbonyl (C=O) groups excluding carboxylic acids is 1. The highest BCUT2D eigenvalue weighted by Gasteiger charge is 2.32. The maximum absolute atomic E-state index is 12.4. The minimum absolute atomic E-state index is 0.227. The predicted octanol–water partition coefficient (Wildman–Crippen LogP) is 2.31. The molecular formula is C9H8F3NO2. The van der Waals surface area contributed by atoms with Crippen LogP contribution in [0.3, 0.4) is 0 Å². The van der Waals surface area contributed by atoms with Crippen LogP contribution in [-0.4, -0.2) is 17.9 Å². The molecule has 0 aliphatic rings. The first kappa shape index (κ1) is 11.5. The van der Waals surface area contributed by atoms with E-state index in [1.807, 2.05) is 0 Å². The van der Waals surface area contributed by atoms with Crippen LogP contribution in [0, 0.1) is 0 Å². The molecule has 0 unspecified atom stereocenters. The van der Waals surface area contributed by atoms with E-state index in [1.165, 1.54) is 7.11 Å². The topological polar surface area (TPSA) is 39.2 Å². The summed E-state index contributed by atoms with van der Waals surface area (Å²) in [6.07, 6.45) is -4.51. The van der Waals surface area contributed by atoms with Crippen molar-refractivity contribution in [2.45, 2.75) is 13.1 Å². The molecule has 0 aliphatic carbocycles. The summed E-state index contributed by atoms with van der Waals surface area (Å²) in [5, 5.41) is 0. The number of pyridine rings is 1. The van der Waals surface area contributed by atoms with Gasteiger partial charge in [-0.2, -0.15) is 13.2 Å². The second kappa shape index (κ2) is 3.88. The highest BCUT2D eigenvalue weighted by atomic mass is 19.4. The van der Waals surface area contributed by atoms with Gasteiger partial charge in [0.05, 0.1) is 12.7 Å². The summed E-state index contributed by atoms with van der Waals surface area (Å²) in [5.41, 5.74) is -1.21. The zero-order valence-corrected chi connectivity index (χ0v) is 8.05. The average Bonchev–Trinajstić information content (AvgIpc) is 2.15. The molecule has 82 valence electrons. The molecule has 1 rings (SSSR count). The zero-order chi connectivity index (χ0) is 11.6. The standard InChI is InChI=1S/C9H8F3NO2/c1-5(14)7-3-6(9(10,11)12)4-8(13-7)15-2/h3-4H,1-2H3. The molecule has 0 amide bonds. The Morgan fingerprint density at radius 3 is 2.40 bits per heavy atom. The van der Waals surface area contributed by atoms with Gasteiger partial charge in [-0.15, -0.1) is 0 Å². The molecule has 0 aromatic carbocycles. The fraction of sp³-hybridized carbons (Fsp3) is 0.333. The van der Waals surface area contributed by atoms with Crippen molar-refractivity contribution in [1.29, 1.82) is 0 Å². The van der Waals surface area contributed by atoms with Crippen LogP contribution in [0.5, 0.6) is 5.88 Å². The van der Waals surface area contributed by atoms with E-state index in [0.717, 1.165) is 13.0 Å². The van der Waals surface area contributed by atoms with Crippen molar-refractivity contribution in [3.63, 3.8) is 0 Å². The summed E-state index contributed by atoms with van der Waals surface area (Å²) < 4.78 is 41.6. The van der Waals surface area contributed by atoms with Gasteiger partial charge < -0.3 is 4.74 Å². The molecule has 0 N–H and O–H groups in total. The first-order valence-electron chi connectivity index (χ1n) is 3.99. The number of carbonyl (C=O) groups is 1. The Kier molecular flexibility index (Phi) is 2.97. The Morgan fingerprint density at radius 2 is 2.00 bits per heavy atom. The van der Waals surface area contributed by atoms with Crippen LogP contribution in [0.1, 0.15) is 23.0 Å². The van der Waals surface area contributed by atoms with Crippen LogP contribution in [0.25, 0.3) is 0 Å². The first-order valence-corrected chi connectivity index (χ1v) is 3.99. The number of nitrogens with zero attached hydrogens (tertiary/aromatic N) is 1. The Morgan fingerprint density at radius 1 is 1.40 bits per heavy atom. The lowest BCUT2D eigenvalue weighted by Gasteiger charge is -2.09. The van der Waals surface area contributed by atoms with Gasteiger partial charge in [0.1, 0.15) is 5.69 Å². The van der Waals surface area contributed by atoms with Crippen molar-refractivity contribution in [2.75, 3.05) is 7.11 Å². The third kappa shape index (κ3) is 2.68.